The van der Waals surface area contributed by atoms with Crippen LogP contribution in [0.15, 0.2) is 18.2 Å². The molecule has 1 fully saturated rings. The number of hydrogen-bond donors (Lipinski definition) is 1. The van der Waals surface area contributed by atoms with E-state index in [1.807, 2.05) is 43.8 Å². The van der Waals surface area contributed by atoms with Crippen LogP contribution in [-0.2, 0) is 5.60 Å². The van der Waals surface area contributed by atoms with Crippen molar-refractivity contribution in [1.82, 2.24) is 0 Å². The smallest absolute Gasteiger partial charge is 0.161 e. The van der Waals surface area contributed by atoms with Gasteiger partial charge in [0, 0.05) is 5.75 Å². The molecule has 0 aliphatic carbocycles. The third kappa shape index (κ3) is 3.16. The van der Waals surface area contributed by atoms with Gasteiger partial charge in [-0.2, -0.15) is 11.8 Å². The zero-order valence-corrected chi connectivity index (χ0v) is 14.3. The van der Waals surface area contributed by atoms with Crippen molar-refractivity contribution in [3.05, 3.63) is 23.8 Å². The highest BCUT2D eigenvalue weighted by atomic mass is 32.2. The molecule has 0 bridgehead atoms. The zero-order valence-electron chi connectivity index (χ0n) is 13.4. The van der Waals surface area contributed by atoms with Crippen molar-refractivity contribution >= 4 is 11.8 Å². The quantitative estimate of drug-likeness (QED) is 0.897. The van der Waals surface area contributed by atoms with Gasteiger partial charge in [0.15, 0.2) is 11.5 Å². The fraction of sp³-hybridized carbons (Fsp3) is 0.647. The second-order valence-electron chi connectivity index (χ2n) is 6.07. The van der Waals surface area contributed by atoms with Crippen LogP contribution < -0.4 is 9.47 Å². The second kappa shape index (κ2) is 6.49. The van der Waals surface area contributed by atoms with Crippen LogP contribution in [0.2, 0.25) is 0 Å². The van der Waals surface area contributed by atoms with Crippen molar-refractivity contribution in [3.8, 4) is 11.5 Å². The molecule has 1 atom stereocenters. The van der Waals surface area contributed by atoms with Crippen molar-refractivity contribution in [2.45, 2.75) is 39.7 Å². The van der Waals surface area contributed by atoms with E-state index in [0.717, 1.165) is 35.0 Å². The third-order valence-corrected chi connectivity index (χ3v) is 5.44. The Labute approximate surface area is 132 Å². The molecule has 3 nitrogen and oxygen atoms in total. The van der Waals surface area contributed by atoms with Crippen LogP contribution in [-0.4, -0.2) is 29.8 Å². The minimum absolute atomic E-state index is 0.144. The molecule has 1 N–H and O–H groups in total. The number of hydrogen-bond acceptors (Lipinski definition) is 4. The Hall–Kier alpha value is -0.870. The molecule has 0 saturated carbocycles. The van der Waals surface area contributed by atoms with Gasteiger partial charge in [0.05, 0.1) is 13.2 Å². The first-order valence-electron chi connectivity index (χ1n) is 7.65. The standard InChI is InChI=1S/C17H26O3S/c1-5-19-14-8-7-13(11-15(14)20-6-2)17(18)12-21-10-9-16(17,3)4/h7-8,11,18H,5-6,9-10,12H2,1-4H3. The Morgan fingerprint density at radius 3 is 2.43 bits per heavy atom. The summed E-state index contributed by atoms with van der Waals surface area (Å²) in [7, 11) is 0. The van der Waals surface area contributed by atoms with Crippen molar-refractivity contribution in [3.63, 3.8) is 0 Å². The summed E-state index contributed by atoms with van der Waals surface area (Å²) >= 11 is 1.81. The molecule has 0 amide bonds. The van der Waals surface area contributed by atoms with Gasteiger partial charge in [0.1, 0.15) is 5.60 Å². The van der Waals surface area contributed by atoms with Gasteiger partial charge in [-0.25, -0.2) is 0 Å². The van der Waals surface area contributed by atoms with Gasteiger partial charge in [-0.3, -0.25) is 0 Å². The van der Waals surface area contributed by atoms with Crippen molar-refractivity contribution in [2.24, 2.45) is 5.41 Å². The van der Waals surface area contributed by atoms with Crippen LogP contribution in [0, 0.1) is 5.41 Å². The van der Waals surface area contributed by atoms with Gasteiger partial charge >= 0.3 is 0 Å². The number of benzene rings is 1. The minimum Gasteiger partial charge on any atom is -0.490 e. The Morgan fingerprint density at radius 1 is 1.14 bits per heavy atom. The van der Waals surface area contributed by atoms with Crippen LogP contribution in [0.4, 0.5) is 0 Å². The van der Waals surface area contributed by atoms with Crippen LogP contribution in [0.5, 0.6) is 11.5 Å². The summed E-state index contributed by atoms with van der Waals surface area (Å²) in [6.07, 6.45) is 1.01. The first-order chi connectivity index (χ1) is 9.94. The van der Waals surface area contributed by atoms with Crippen LogP contribution in [0.25, 0.3) is 0 Å². The van der Waals surface area contributed by atoms with E-state index in [2.05, 4.69) is 13.8 Å². The van der Waals surface area contributed by atoms with E-state index in [4.69, 9.17) is 9.47 Å². The maximum absolute atomic E-state index is 11.3. The molecule has 0 spiro atoms. The summed E-state index contributed by atoms with van der Waals surface area (Å²) in [5, 5.41) is 11.3. The molecule has 1 unspecified atom stereocenters. The van der Waals surface area contributed by atoms with Crippen molar-refractivity contribution in [2.75, 3.05) is 24.7 Å². The highest BCUT2D eigenvalue weighted by molar-refractivity contribution is 7.99. The normalized spacial score (nSPS) is 24.6. The maximum Gasteiger partial charge on any atom is 0.161 e. The molecule has 1 aromatic rings. The fourth-order valence-corrected chi connectivity index (χ4v) is 4.38. The molecule has 1 aromatic carbocycles. The van der Waals surface area contributed by atoms with Gasteiger partial charge in [-0.15, -0.1) is 0 Å². The second-order valence-corrected chi connectivity index (χ2v) is 7.18. The Bertz CT molecular complexity index is 487. The Morgan fingerprint density at radius 2 is 1.81 bits per heavy atom. The van der Waals surface area contributed by atoms with E-state index in [1.165, 1.54) is 0 Å². The summed E-state index contributed by atoms with van der Waals surface area (Å²) in [6.45, 7) is 9.38. The molecule has 2 rings (SSSR count). The lowest BCUT2D eigenvalue weighted by atomic mass is 9.70. The van der Waals surface area contributed by atoms with E-state index < -0.39 is 5.60 Å². The van der Waals surface area contributed by atoms with Gasteiger partial charge in [0.25, 0.3) is 0 Å². The molecule has 0 aromatic heterocycles. The lowest BCUT2D eigenvalue weighted by Gasteiger charge is -2.46. The zero-order chi connectivity index (χ0) is 15.5. The van der Waals surface area contributed by atoms with Crippen LogP contribution >= 0.6 is 11.8 Å². The maximum atomic E-state index is 11.3. The molecule has 1 aliphatic heterocycles. The van der Waals surface area contributed by atoms with E-state index in [1.54, 1.807) is 0 Å². The van der Waals surface area contributed by atoms with Crippen molar-refractivity contribution < 1.29 is 14.6 Å². The summed E-state index contributed by atoms with van der Waals surface area (Å²) in [5.41, 5.74) is -0.0481. The third-order valence-electron chi connectivity index (χ3n) is 4.32. The first-order valence-corrected chi connectivity index (χ1v) is 8.80. The van der Waals surface area contributed by atoms with E-state index >= 15 is 0 Å². The fourth-order valence-electron chi connectivity index (χ4n) is 2.73. The van der Waals surface area contributed by atoms with Gasteiger partial charge in [-0.05, 0) is 49.1 Å². The van der Waals surface area contributed by atoms with Gasteiger partial charge < -0.3 is 14.6 Å². The van der Waals surface area contributed by atoms with E-state index in [9.17, 15) is 5.11 Å². The van der Waals surface area contributed by atoms with Crippen LogP contribution in [0.3, 0.4) is 0 Å². The largest absolute Gasteiger partial charge is 0.490 e. The number of thioether (sulfide) groups is 1. The summed E-state index contributed by atoms with van der Waals surface area (Å²) in [6, 6.07) is 5.83. The predicted octanol–water partition coefficient (Wildman–Crippen LogP) is 3.83. The monoisotopic (exact) mass is 310 g/mol. The lowest BCUT2D eigenvalue weighted by Crippen LogP contribution is -2.47. The van der Waals surface area contributed by atoms with Gasteiger partial charge in [-0.1, -0.05) is 19.9 Å². The molecule has 4 heteroatoms. The molecule has 118 valence electrons. The van der Waals surface area contributed by atoms with Crippen LogP contribution in [0.1, 0.15) is 39.7 Å². The molecule has 1 aliphatic rings. The number of rotatable bonds is 5. The number of ether oxygens (including phenoxy) is 2. The molecule has 1 heterocycles. The summed E-state index contributed by atoms with van der Waals surface area (Å²) in [4.78, 5) is 0. The molecule has 21 heavy (non-hydrogen) atoms. The minimum atomic E-state index is -0.827. The summed E-state index contributed by atoms with van der Waals surface area (Å²) < 4.78 is 11.3. The van der Waals surface area contributed by atoms with E-state index in [0.29, 0.717) is 13.2 Å². The lowest BCUT2D eigenvalue weighted by molar-refractivity contribution is -0.0580. The average molecular weight is 310 g/mol. The van der Waals surface area contributed by atoms with E-state index in [-0.39, 0.29) is 5.41 Å². The molecule has 1 saturated heterocycles. The highest BCUT2D eigenvalue weighted by Gasteiger charge is 2.47. The molecule has 0 radical (unpaired) electrons. The topological polar surface area (TPSA) is 38.7 Å². The van der Waals surface area contributed by atoms with Gasteiger partial charge in [0.2, 0.25) is 0 Å². The Kier molecular flexibility index (Phi) is 5.10. The number of aliphatic hydroxyl groups is 1. The Balaban J connectivity index is 2.41. The molecular formula is C17H26O3S. The van der Waals surface area contributed by atoms with Crippen molar-refractivity contribution in [1.29, 1.82) is 0 Å². The first kappa shape index (κ1) is 16.5. The highest BCUT2D eigenvalue weighted by Crippen LogP contribution is 2.49. The predicted molar refractivity (Wildman–Crippen MR) is 88.4 cm³/mol. The average Bonchev–Trinajstić information content (AvgIpc) is 2.44. The SMILES string of the molecule is CCOc1ccc(C2(O)CSCCC2(C)C)cc1OCC. The summed E-state index contributed by atoms with van der Waals surface area (Å²) in [5.74, 6) is 3.29. The molecular weight excluding hydrogens is 284 g/mol.